The molecule has 4 nitrogen and oxygen atoms in total. The molecule has 0 unspecified atom stereocenters. The van der Waals surface area contributed by atoms with Crippen LogP contribution in [0.15, 0.2) is 18.2 Å². The predicted molar refractivity (Wildman–Crippen MR) is 73.1 cm³/mol. The standard InChI is InChI=1S/C13H17ClN2O2/c1-3-10-8-11(5-4-9(10)2)15-13(18)16-12(17)6-7-14/h4-5,8H,3,6-7H2,1-2H3,(H2,15,16,17,18). The number of amides is 3. The highest BCUT2D eigenvalue weighted by atomic mass is 35.5. The summed E-state index contributed by atoms with van der Waals surface area (Å²) in [4.78, 5) is 22.7. The van der Waals surface area contributed by atoms with Gasteiger partial charge in [-0.15, -0.1) is 11.6 Å². The van der Waals surface area contributed by atoms with Gasteiger partial charge in [-0.2, -0.15) is 0 Å². The molecule has 5 heteroatoms. The molecule has 2 N–H and O–H groups in total. The van der Waals surface area contributed by atoms with E-state index in [-0.39, 0.29) is 18.2 Å². The second kappa shape index (κ2) is 7.01. The fraction of sp³-hybridized carbons (Fsp3) is 0.385. The molecular formula is C13H17ClN2O2. The number of imide groups is 1. The van der Waals surface area contributed by atoms with Crippen LogP contribution in [0.1, 0.15) is 24.5 Å². The third-order valence-corrected chi connectivity index (χ3v) is 2.75. The summed E-state index contributed by atoms with van der Waals surface area (Å²) >= 11 is 5.40. The zero-order chi connectivity index (χ0) is 13.5. The quantitative estimate of drug-likeness (QED) is 0.825. The van der Waals surface area contributed by atoms with E-state index in [0.717, 1.165) is 6.42 Å². The monoisotopic (exact) mass is 268 g/mol. The Morgan fingerprint density at radius 3 is 2.67 bits per heavy atom. The molecule has 0 atom stereocenters. The maximum atomic E-state index is 11.5. The average Bonchev–Trinajstić information content (AvgIpc) is 2.31. The normalized spacial score (nSPS) is 9.94. The molecule has 0 aliphatic rings. The van der Waals surface area contributed by atoms with Gasteiger partial charge < -0.3 is 5.32 Å². The second-order valence-electron chi connectivity index (χ2n) is 3.94. The highest BCUT2D eigenvalue weighted by Gasteiger charge is 2.07. The molecule has 0 aliphatic carbocycles. The Kier molecular flexibility index (Phi) is 5.65. The first-order valence-electron chi connectivity index (χ1n) is 5.83. The van der Waals surface area contributed by atoms with E-state index in [9.17, 15) is 9.59 Å². The number of nitrogens with one attached hydrogen (secondary N) is 2. The summed E-state index contributed by atoms with van der Waals surface area (Å²) < 4.78 is 0. The van der Waals surface area contributed by atoms with E-state index in [0.29, 0.717) is 5.69 Å². The van der Waals surface area contributed by atoms with Crippen molar-refractivity contribution in [2.45, 2.75) is 26.7 Å². The van der Waals surface area contributed by atoms with Crippen LogP contribution in [0.3, 0.4) is 0 Å². The lowest BCUT2D eigenvalue weighted by Gasteiger charge is -2.09. The van der Waals surface area contributed by atoms with E-state index < -0.39 is 6.03 Å². The average molecular weight is 269 g/mol. The van der Waals surface area contributed by atoms with E-state index in [2.05, 4.69) is 17.6 Å². The number of carbonyl (C=O) groups excluding carboxylic acids is 2. The first kappa shape index (κ1) is 14.5. The van der Waals surface area contributed by atoms with Gasteiger partial charge in [0.1, 0.15) is 0 Å². The summed E-state index contributed by atoms with van der Waals surface area (Å²) in [6, 6.07) is 5.12. The number of urea groups is 1. The van der Waals surface area contributed by atoms with Gasteiger partial charge in [0.25, 0.3) is 0 Å². The van der Waals surface area contributed by atoms with Crippen molar-refractivity contribution >= 4 is 29.2 Å². The summed E-state index contributed by atoms with van der Waals surface area (Å²) in [5.41, 5.74) is 3.02. The fourth-order valence-corrected chi connectivity index (χ4v) is 1.74. The van der Waals surface area contributed by atoms with Crippen LogP contribution in [0.4, 0.5) is 10.5 Å². The molecule has 0 radical (unpaired) electrons. The Balaban J connectivity index is 2.62. The Morgan fingerprint density at radius 1 is 1.33 bits per heavy atom. The molecular weight excluding hydrogens is 252 g/mol. The number of benzene rings is 1. The molecule has 3 amide bonds. The topological polar surface area (TPSA) is 58.2 Å². The lowest BCUT2D eigenvalue weighted by atomic mass is 10.1. The molecule has 1 aromatic carbocycles. The van der Waals surface area contributed by atoms with Crippen LogP contribution in [-0.4, -0.2) is 17.8 Å². The predicted octanol–water partition coefficient (Wildman–Crippen LogP) is 2.83. The maximum absolute atomic E-state index is 11.5. The smallest absolute Gasteiger partial charge is 0.308 e. The number of halogens is 1. The van der Waals surface area contributed by atoms with Crippen LogP contribution < -0.4 is 10.6 Å². The Hall–Kier alpha value is -1.55. The molecule has 0 heterocycles. The Bertz CT molecular complexity index is 447. The zero-order valence-corrected chi connectivity index (χ0v) is 11.3. The summed E-state index contributed by atoms with van der Waals surface area (Å²) in [6.45, 7) is 4.07. The van der Waals surface area contributed by atoms with Crippen LogP contribution >= 0.6 is 11.6 Å². The fourth-order valence-electron chi connectivity index (χ4n) is 1.57. The van der Waals surface area contributed by atoms with Gasteiger partial charge in [0.2, 0.25) is 5.91 Å². The molecule has 1 aromatic rings. The van der Waals surface area contributed by atoms with Crippen molar-refractivity contribution in [1.29, 1.82) is 0 Å². The van der Waals surface area contributed by atoms with Crippen molar-refractivity contribution in [3.63, 3.8) is 0 Å². The third kappa shape index (κ3) is 4.37. The van der Waals surface area contributed by atoms with Crippen LogP contribution in [0.25, 0.3) is 0 Å². The number of hydrogen-bond acceptors (Lipinski definition) is 2. The van der Waals surface area contributed by atoms with Crippen LogP contribution in [0, 0.1) is 6.92 Å². The third-order valence-electron chi connectivity index (χ3n) is 2.56. The van der Waals surface area contributed by atoms with E-state index in [4.69, 9.17) is 11.6 Å². The number of rotatable bonds is 4. The Labute approximate surface area is 112 Å². The van der Waals surface area contributed by atoms with Gasteiger partial charge in [0.05, 0.1) is 0 Å². The molecule has 0 bridgehead atoms. The molecule has 1 rings (SSSR count). The highest BCUT2D eigenvalue weighted by Crippen LogP contribution is 2.15. The molecule has 98 valence electrons. The van der Waals surface area contributed by atoms with Crippen molar-refractivity contribution in [3.8, 4) is 0 Å². The molecule has 0 saturated carbocycles. The number of aryl methyl sites for hydroxylation is 2. The molecule has 0 spiro atoms. The van der Waals surface area contributed by atoms with E-state index >= 15 is 0 Å². The van der Waals surface area contributed by atoms with E-state index in [1.54, 1.807) is 6.07 Å². The largest absolute Gasteiger partial charge is 0.325 e. The molecule has 0 saturated heterocycles. The van der Waals surface area contributed by atoms with E-state index in [1.165, 1.54) is 11.1 Å². The van der Waals surface area contributed by atoms with Crippen LogP contribution in [-0.2, 0) is 11.2 Å². The van der Waals surface area contributed by atoms with Gasteiger partial charge in [0, 0.05) is 18.0 Å². The zero-order valence-electron chi connectivity index (χ0n) is 10.5. The van der Waals surface area contributed by atoms with Crippen molar-refractivity contribution in [2.75, 3.05) is 11.2 Å². The number of carbonyl (C=O) groups is 2. The highest BCUT2D eigenvalue weighted by molar-refractivity contribution is 6.19. The molecule has 0 aromatic heterocycles. The minimum absolute atomic E-state index is 0.128. The van der Waals surface area contributed by atoms with Gasteiger partial charge in [0.15, 0.2) is 0 Å². The first-order chi connectivity index (χ1) is 8.56. The van der Waals surface area contributed by atoms with Crippen LogP contribution in [0.5, 0.6) is 0 Å². The molecule has 0 fully saturated rings. The lowest BCUT2D eigenvalue weighted by molar-refractivity contribution is -0.119. The van der Waals surface area contributed by atoms with Crippen molar-refractivity contribution in [2.24, 2.45) is 0 Å². The minimum Gasteiger partial charge on any atom is -0.308 e. The maximum Gasteiger partial charge on any atom is 0.325 e. The second-order valence-corrected chi connectivity index (χ2v) is 4.31. The van der Waals surface area contributed by atoms with Gasteiger partial charge in [-0.25, -0.2) is 4.79 Å². The van der Waals surface area contributed by atoms with Gasteiger partial charge in [-0.3, -0.25) is 10.1 Å². The van der Waals surface area contributed by atoms with Crippen LogP contribution in [0.2, 0.25) is 0 Å². The summed E-state index contributed by atoms with van der Waals surface area (Å²) in [6.07, 6.45) is 1.03. The van der Waals surface area contributed by atoms with Gasteiger partial charge in [-0.05, 0) is 36.6 Å². The first-order valence-corrected chi connectivity index (χ1v) is 6.36. The summed E-state index contributed by atoms with van der Waals surface area (Å²) in [5, 5.41) is 4.83. The van der Waals surface area contributed by atoms with Gasteiger partial charge >= 0.3 is 6.03 Å². The molecule has 0 aliphatic heterocycles. The van der Waals surface area contributed by atoms with Crippen molar-refractivity contribution in [3.05, 3.63) is 29.3 Å². The van der Waals surface area contributed by atoms with E-state index in [1.807, 2.05) is 19.1 Å². The summed E-state index contributed by atoms with van der Waals surface area (Å²) in [7, 11) is 0. The minimum atomic E-state index is -0.531. The van der Waals surface area contributed by atoms with Crippen molar-refractivity contribution in [1.82, 2.24) is 5.32 Å². The lowest BCUT2D eigenvalue weighted by Crippen LogP contribution is -2.34. The van der Waals surface area contributed by atoms with Crippen molar-refractivity contribution < 1.29 is 9.59 Å². The number of alkyl halides is 1. The number of hydrogen-bond donors (Lipinski definition) is 2. The number of anilines is 1. The summed E-state index contributed by atoms with van der Waals surface area (Å²) in [5.74, 6) is -0.186. The Morgan fingerprint density at radius 2 is 2.06 bits per heavy atom. The SMILES string of the molecule is CCc1cc(NC(=O)NC(=O)CCCl)ccc1C. The molecule has 18 heavy (non-hydrogen) atoms. The van der Waals surface area contributed by atoms with Gasteiger partial charge in [-0.1, -0.05) is 13.0 Å².